The first-order valence-corrected chi connectivity index (χ1v) is 5.14. The highest BCUT2D eigenvalue weighted by Gasteiger charge is 2.17. The molecule has 92 valence electrons. The van der Waals surface area contributed by atoms with Crippen molar-refractivity contribution in [2.75, 3.05) is 6.54 Å². The van der Waals surface area contributed by atoms with Crippen LogP contribution in [0.2, 0.25) is 0 Å². The first-order chi connectivity index (χ1) is 7.88. The Labute approximate surface area is 99.4 Å². The van der Waals surface area contributed by atoms with Gasteiger partial charge in [-0.15, -0.1) is 0 Å². The molecular formula is C11H15N3O3. The van der Waals surface area contributed by atoms with E-state index in [1.165, 1.54) is 18.6 Å². The van der Waals surface area contributed by atoms with E-state index in [2.05, 4.69) is 15.3 Å². The first kappa shape index (κ1) is 13.1. The number of rotatable bonds is 3. The van der Waals surface area contributed by atoms with Crippen LogP contribution in [0.5, 0.6) is 0 Å². The SMILES string of the molecule is CC(C)(C)OC(=O)NCC(=O)c1cnccn1. The van der Waals surface area contributed by atoms with Gasteiger partial charge >= 0.3 is 6.09 Å². The van der Waals surface area contributed by atoms with Crippen molar-refractivity contribution in [3.05, 3.63) is 24.3 Å². The van der Waals surface area contributed by atoms with Gasteiger partial charge in [0.2, 0.25) is 5.78 Å². The summed E-state index contributed by atoms with van der Waals surface area (Å²) in [4.78, 5) is 30.4. The number of ether oxygens (including phenoxy) is 1. The average molecular weight is 237 g/mol. The summed E-state index contributed by atoms with van der Waals surface area (Å²) in [6, 6.07) is 0. The van der Waals surface area contributed by atoms with Gasteiger partial charge in [0.15, 0.2) is 0 Å². The Morgan fingerprint density at radius 3 is 2.59 bits per heavy atom. The van der Waals surface area contributed by atoms with E-state index in [1.54, 1.807) is 20.8 Å². The molecule has 0 saturated heterocycles. The van der Waals surface area contributed by atoms with E-state index in [1.807, 2.05) is 0 Å². The van der Waals surface area contributed by atoms with Crippen molar-refractivity contribution in [2.24, 2.45) is 0 Å². The zero-order valence-corrected chi connectivity index (χ0v) is 10.1. The highest BCUT2D eigenvalue weighted by Crippen LogP contribution is 2.06. The van der Waals surface area contributed by atoms with Crippen LogP contribution in [0, 0.1) is 0 Å². The van der Waals surface area contributed by atoms with Gasteiger partial charge in [-0.05, 0) is 20.8 Å². The molecule has 1 heterocycles. The summed E-state index contributed by atoms with van der Waals surface area (Å²) in [5.41, 5.74) is -0.372. The summed E-state index contributed by atoms with van der Waals surface area (Å²) < 4.78 is 4.99. The predicted molar refractivity (Wildman–Crippen MR) is 60.6 cm³/mol. The quantitative estimate of drug-likeness (QED) is 0.798. The Bertz CT molecular complexity index is 398. The van der Waals surface area contributed by atoms with E-state index in [9.17, 15) is 9.59 Å². The second-order valence-corrected chi connectivity index (χ2v) is 4.37. The Morgan fingerprint density at radius 2 is 2.06 bits per heavy atom. The van der Waals surface area contributed by atoms with Gasteiger partial charge in [0.25, 0.3) is 0 Å². The molecule has 1 aromatic heterocycles. The molecule has 17 heavy (non-hydrogen) atoms. The molecule has 0 saturated carbocycles. The fourth-order valence-corrected chi connectivity index (χ4v) is 1.00. The van der Waals surface area contributed by atoms with Crippen LogP contribution >= 0.6 is 0 Å². The molecule has 0 aromatic carbocycles. The van der Waals surface area contributed by atoms with Crippen LogP contribution in [0.1, 0.15) is 31.3 Å². The highest BCUT2D eigenvalue weighted by atomic mass is 16.6. The lowest BCUT2D eigenvalue weighted by Crippen LogP contribution is -2.35. The molecule has 0 spiro atoms. The minimum Gasteiger partial charge on any atom is -0.444 e. The summed E-state index contributed by atoms with van der Waals surface area (Å²) in [7, 11) is 0. The number of carbonyl (C=O) groups excluding carboxylic acids is 2. The van der Waals surface area contributed by atoms with Crippen LogP contribution in [0.15, 0.2) is 18.6 Å². The van der Waals surface area contributed by atoms with Gasteiger partial charge in [0.1, 0.15) is 11.3 Å². The molecule has 0 unspecified atom stereocenters. The van der Waals surface area contributed by atoms with Crippen LogP contribution in [-0.4, -0.2) is 34.0 Å². The van der Waals surface area contributed by atoms with Crippen molar-refractivity contribution >= 4 is 11.9 Å². The molecule has 0 fully saturated rings. The minimum atomic E-state index is -0.630. The fourth-order valence-electron chi connectivity index (χ4n) is 1.00. The number of alkyl carbamates (subject to hydrolysis) is 1. The maximum Gasteiger partial charge on any atom is 0.408 e. The smallest absolute Gasteiger partial charge is 0.408 e. The Balaban J connectivity index is 2.42. The molecule has 6 heteroatoms. The summed E-state index contributed by atoms with van der Waals surface area (Å²) in [5.74, 6) is -0.316. The molecular weight excluding hydrogens is 222 g/mol. The number of aromatic nitrogens is 2. The van der Waals surface area contributed by atoms with Crippen LogP contribution in [0.3, 0.4) is 0 Å². The second kappa shape index (κ2) is 5.38. The summed E-state index contributed by atoms with van der Waals surface area (Å²) in [5, 5.41) is 2.36. The molecule has 1 rings (SSSR count). The van der Waals surface area contributed by atoms with Crippen molar-refractivity contribution < 1.29 is 14.3 Å². The maximum absolute atomic E-state index is 11.5. The van der Waals surface area contributed by atoms with E-state index in [-0.39, 0.29) is 18.0 Å². The fraction of sp³-hybridized carbons (Fsp3) is 0.455. The second-order valence-electron chi connectivity index (χ2n) is 4.37. The molecule has 6 nitrogen and oxygen atoms in total. The third kappa shape index (κ3) is 5.05. The molecule has 0 aliphatic heterocycles. The molecule has 0 aliphatic rings. The lowest BCUT2D eigenvalue weighted by Gasteiger charge is -2.19. The maximum atomic E-state index is 11.5. The number of nitrogens with one attached hydrogen (secondary N) is 1. The highest BCUT2D eigenvalue weighted by molar-refractivity contribution is 5.96. The number of nitrogens with zero attached hydrogens (tertiary/aromatic N) is 2. The standard InChI is InChI=1S/C11H15N3O3/c1-11(2,3)17-10(16)14-7-9(15)8-6-12-4-5-13-8/h4-6H,7H2,1-3H3,(H,14,16). The van der Waals surface area contributed by atoms with Crippen LogP contribution in [0.4, 0.5) is 4.79 Å². The van der Waals surface area contributed by atoms with Crippen LogP contribution in [-0.2, 0) is 4.74 Å². The summed E-state index contributed by atoms with van der Waals surface area (Å²) in [6.07, 6.45) is 3.60. The number of Topliss-reactive ketones (excluding diaryl/α,β-unsaturated/α-hetero) is 1. The summed E-state index contributed by atoms with van der Waals surface area (Å²) in [6.45, 7) is 5.08. The first-order valence-electron chi connectivity index (χ1n) is 5.14. The summed E-state index contributed by atoms with van der Waals surface area (Å²) >= 11 is 0. The third-order valence-corrected chi connectivity index (χ3v) is 1.64. The van der Waals surface area contributed by atoms with E-state index >= 15 is 0 Å². The van der Waals surface area contributed by atoms with Crippen LogP contribution < -0.4 is 5.32 Å². The molecule has 0 radical (unpaired) electrons. The molecule has 1 N–H and O–H groups in total. The molecule has 0 atom stereocenters. The minimum absolute atomic E-state index is 0.159. The van der Waals surface area contributed by atoms with Gasteiger partial charge < -0.3 is 10.1 Å². The molecule has 0 bridgehead atoms. The number of hydrogen-bond donors (Lipinski definition) is 1. The number of ketones is 1. The predicted octanol–water partition coefficient (Wildman–Crippen LogP) is 1.18. The number of carbonyl (C=O) groups is 2. The van der Waals surface area contributed by atoms with Crippen molar-refractivity contribution in [3.8, 4) is 0 Å². The topological polar surface area (TPSA) is 81.2 Å². The Morgan fingerprint density at radius 1 is 1.35 bits per heavy atom. The van der Waals surface area contributed by atoms with Crippen molar-refractivity contribution in [2.45, 2.75) is 26.4 Å². The molecule has 1 amide bonds. The monoisotopic (exact) mass is 237 g/mol. The van der Waals surface area contributed by atoms with E-state index in [0.717, 1.165) is 0 Å². The van der Waals surface area contributed by atoms with Crippen molar-refractivity contribution in [1.82, 2.24) is 15.3 Å². The van der Waals surface area contributed by atoms with E-state index in [4.69, 9.17) is 4.74 Å². The van der Waals surface area contributed by atoms with Crippen molar-refractivity contribution in [3.63, 3.8) is 0 Å². The number of amides is 1. The lowest BCUT2D eigenvalue weighted by atomic mass is 10.2. The van der Waals surface area contributed by atoms with E-state index in [0.29, 0.717) is 0 Å². The van der Waals surface area contributed by atoms with Gasteiger partial charge in [0, 0.05) is 12.4 Å². The van der Waals surface area contributed by atoms with Gasteiger partial charge in [-0.3, -0.25) is 9.78 Å². The Kier molecular flexibility index (Phi) is 4.14. The zero-order valence-electron chi connectivity index (χ0n) is 10.1. The van der Waals surface area contributed by atoms with E-state index < -0.39 is 11.7 Å². The van der Waals surface area contributed by atoms with Crippen molar-refractivity contribution in [1.29, 1.82) is 0 Å². The third-order valence-electron chi connectivity index (χ3n) is 1.64. The van der Waals surface area contributed by atoms with Gasteiger partial charge in [0.05, 0.1) is 12.7 Å². The normalized spacial score (nSPS) is 10.8. The van der Waals surface area contributed by atoms with Gasteiger partial charge in [-0.2, -0.15) is 0 Å². The van der Waals surface area contributed by atoms with Gasteiger partial charge in [-0.1, -0.05) is 0 Å². The largest absolute Gasteiger partial charge is 0.444 e. The van der Waals surface area contributed by atoms with Gasteiger partial charge in [-0.25, -0.2) is 9.78 Å². The number of hydrogen-bond acceptors (Lipinski definition) is 5. The zero-order chi connectivity index (χ0) is 12.9. The lowest BCUT2D eigenvalue weighted by molar-refractivity contribution is 0.0520. The molecule has 0 aliphatic carbocycles. The molecule has 1 aromatic rings. The average Bonchev–Trinajstić information content (AvgIpc) is 2.25. The van der Waals surface area contributed by atoms with Crippen LogP contribution in [0.25, 0.3) is 0 Å². The Hall–Kier alpha value is -1.98.